The van der Waals surface area contributed by atoms with Gasteiger partial charge in [0.2, 0.25) is 11.8 Å². The third kappa shape index (κ3) is 6.84. The van der Waals surface area contributed by atoms with E-state index >= 15 is 0 Å². The van der Waals surface area contributed by atoms with E-state index in [0.717, 1.165) is 0 Å². The van der Waals surface area contributed by atoms with E-state index in [2.05, 4.69) is 10.6 Å². The van der Waals surface area contributed by atoms with Crippen LogP contribution in [0.4, 0.5) is 0 Å². The molecule has 8 nitrogen and oxygen atoms in total. The first-order chi connectivity index (χ1) is 14.8. The molecule has 1 aliphatic rings. The molecule has 8 heteroatoms. The molecule has 1 rings (SSSR count). The lowest BCUT2D eigenvalue weighted by atomic mass is 9.66. The quantitative estimate of drug-likeness (QED) is 0.348. The molecule has 0 saturated heterocycles. The SMILES string of the molecule is COCCNC(=O)CC(C)(C)C1=C(C)C(=O)C(C(C)(C)CC(=O)NCCOC)=C(C)C1=O. The average Bonchev–Trinajstić information content (AvgIpc) is 2.66. The maximum absolute atomic E-state index is 13.4. The molecule has 0 atom stereocenters. The van der Waals surface area contributed by atoms with Crippen molar-refractivity contribution in [3.63, 3.8) is 0 Å². The van der Waals surface area contributed by atoms with Crippen LogP contribution in [0.1, 0.15) is 54.4 Å². The van der Waals surface area contributed by atoms with Gasteiger partial charge < -0.3 is 20.1 Å². The van der Waals surface area contributed by atoms with E-state index in [9.17, 15) is 19.2 Å². The monoisotopic (exact) mass is 450 g/mol. The number of allylic oxidation sites excluding steroid dienone is 4. The highest BCUT2D eigenvalue weighted by Gasteiger charge is 2.43. The largest absolute Gasteiger partial charge is 0.383 e. The Morgan fingerprint density at radius 1 is 0.719 bits per heavy atom. The van der Waals surface area contributed by atoms with Crippen LogP contribution in [-0.4, -0.2) is 63.9 Å². The van der Waals surface area contributed by atoms with E-state index in [0.29, 0.717) is 48.6 Å². The first-order valence-corrected chi connectivity index (χ1v) is 10.8. The number of ketones is 2. The van der Waals surface area contributed by atoms with E-state index in [4.69, 9.17) is 9.47 Å². The number of hydrogen-bond acceptors (Lipinski definition) is 6. The van der Waals surface area contributed by atoms with Gasteiger partial charge >= 0.3 is 0 Å². The van der Waals surface area contributed by atoms with E-state index in [1.54, 1.807) is 55.8 Å². The molecule has 0 fully saturated rings. The van der Waals surface area contributed by atoms with Crippen molar-refractivity contribution in [1.82, 2.24) is 10.6 Å². The Balaban J connectivity index is 3.13. The molecule has 0 heterocycles. The number of hydrogen-bond donors (Lipinski definition) is 2. The van der Waals surface area contributed by atoms with Crippen LogP contribution in [0, 0.1) is 10.8 Å². The number of carbonyl (C=O) groups is 4. The molecule has 0 spiro atoms. The molecule has 1 aliphatic carbocycles. The standard InChI is InChI=1S/C24H38N2O6/c1-15-19(23(3,4)13-17(27)25-9-11-31-7)22(30)16(2)20(21(15)29)24(5,6)14-18(28)26-10-12-32-8/h9-14H2,1-8H3,(H,25,27)(H,26,28). The number of rotatable bonds is 12. The van der Waals surface area contributed by atoms with Gasteiger partial charge in [0.25, 0.3) is 0 Å². The van der Waals surface area contributed by atoms with Crippen LogP contribution in [0.2, 0.25) is 0 Å². The second-order valence-corrected chi connectivity index (χ2v) is 9.47. The van der Waals surface area contributed by atoms with Crippen molar-refractivity contribution < 1.29 is 28.7 Å². The lowest BCUT2D eigenvalue weighted by molar-refractivity contribution is -0.125. The van der Waals surface area contributed by atoms with Crippen molar-refractivity contribution in [2.75, 3.05) is 40.5 Å². The smallest absolute Gasteiger partial charge is 0.220 e. The molecule has 0 saturated carbocycles. The van der Waals surface area contributed by atoms with Crippen molar-refractivity contribution in [2.45, 2.75) is 54.4 Å². The molecule has 2 amide bonds. The predicted octanol–water partition coefficient (Wildman–Crippen LogP) is 2.13. The van der Waals surface area contributed by atoms with Gasteiger partial charge in [0.15, 0.2) is 11.6 Å². The molecule has 0 aromatic rings. The molecule has 0 aliphatic heterocycles. The van der Waals surface area contributed by atoms with Gasteiger partial charge in [-0.1, -0.05) is 27.7 Å². The van der Waals surface area contributed by atoms with Crippen molar-refractivity contribution in [3.05, 3.63) is 22.3 Å². The van der Waals surface area contributed by atoms with Gasteiger partial charge in [-0.3, -0.25) is 19.2 Å². The van der Waals surface area contributed by atoms with Crippen molar-refractivity contribution in [1.29, 1.82) is 0 Å². The second kappa shape index (κ2) is 11.5. The van der Waals surface area contributed by atoms with Crippen LogP contribution in [0.3, 0.4) is 0 Å². The first-order valence-electron chi connectivity index (χ1n) is 10.8. The van der Waals surface area contributed by atoms with Crippen molar-refractivity contribution in [3.8, 4) is 0 Å². The molecule has 32 heavy (non-hydrogen) atoms. The minimum absolute atomic E-state index is 0.0658. The summed E-state index contributed by atoms with van der Waals surface area (Å²) in [5.41, 5.74) is -0.293. The highest BCUT2D eigenvalue weighted by molar-refractivity contribution is 6.26. The van der Waals surface area contributed by atoms with Crippen molar-refractivity contribution in [2.24, 2.45) is 10.8 Å². The Hall–Kier alpha value is -2.32. The maximum Gasteiger partial charge on any atom is 0.220 e. The van der Waals surface area contributed by atoms with E-state index in [-0.39, 0.29) is 36.2 Å². The van der Waals surface area contributed by atoms with Crippen LogP contribution < -0.4 is 10.6 Å². The van der Waals surface area contributed by atoms with Gasteiger partial charge in [-0.2, -0.15) is 0 Å². The maximum atomic E-state index is 13.4. The summed E-state index contributed by atoms with van der Waals surface area (Å²) in [4.78, 5) is 51.5. The number of methoxy groups -OCH3 is 2. The molecular weight excluding hydrogens is 412 g/mol. The fourth-order valence-electron chi connectivity index (χ4n) is 4.26. The third-order valence-corrected chi connectivity index (χ3v) is 5.70. The Labute approximate surface area is 191 Å². The highest BCUT2D eigenvalue weighted by Crippen LogP contribution is 2.44. The van der Waals surface area contributed by atoms with Crippen LogP contribution in [-0.2, 0) is 28.7 Å². The third-order valence-electron chi connectivity index (χ3n) is 5.70. The number of ether oxygens (including phenoxy) is 2. The zero-order valence-corrected chi connectivity index (χ0v) is 20.7. The van der Waals surface area contributed by atoms with Crippen LogP contribution >= 0.6 is 0 Å². The van der Waals surface area contributed by atoms with E-state index < -0.39 is 10.8 Å². The molecule has 180 valence electrons. The van der Waals surface area contributed by atoms with Gasteiger partial charge in [0, 0.05) is 73.3 Å². The molecule has 2 N–H and O–H groups in total. The topological polar surface area (TPSA) is 111 Å². The summed E-state index contributed by atoms with van der Waals surface area (Å²) in [5, 5.41) is 5.52. The van der Waals surface area contributed by atoms with E-state index in [1.807, 2.05) is 0 Å². The van der Waals surface area contributed by atoms with Gasteiger partial charge in [-0.05, 0) is 13.8 Å². The number of amides is 2. The zero-order valence-electron chi connectivity index (χ0n) is 20.7. The summed E-state index contributed by atoms with van der Waals surface area (Å²) in [6.07, 6.45) is 0.132. The van der Waals surface area contributed by atoms with Gasteiger partial charge in [-0.25, -0.2) is 0 Å². The minimum Gasteiger partial charge on any atom is -0.383 e. The molecule has 0 aromatic heterocycles. The average molecular weight is 451 g/mol. The Bertz CT molecular complexity index is 752. The lowest BCUT2D eigenvalue weighted by Gasteiger charge is -2.36. The Kier molecular flexibility index (Phi) is 9.97. The number of Topliss-reactive ketones (excluding diaryl/α,β-unsaturated/α-hetero) is 2. The van der Waals surface area contributed by atoms with E-state index in [1.165, 1.54) is 0 Å². The van der Waals surface area contributed by atoms with Gasteiger partial charge in [-0.15, -0.1) is 0 Å². The molecule has 0 aromatic carbocycles. The van der Waals surface area contributed by atoms with Crippen molar-refractivity contribution >= 4 is 23.4 Å². The highest BCUT2D eigenvalue weighted by atomic mass is 16.5. The summed E-state index contributed by atoms with van der Waals surface area (Å²) in [5.74, 6) is -0.930. The minimum atomic E-state index is -0.831. The summed E-state index contributed by atoms with van der Waals surface area (Å²) in [6, 6.07) is 0. The molecule has 0 bridgehead atoms. The van der Waals surface area contributed by atoms with Gasteiger partial charge in [0.1, 0.15) is 0 Å². The Morgan fingerprint density at radius 2 is 1.03 bits per heavy atom. The molecule has 0 radical (unpaired) electrons. The summed E-state index contributed by atoms with van der Waals surface area (Å²) in [6.45, 7) is 12.0. The fourth-order valence-corrected chi connectivity index (χ4v) is 4.26. The number of carbonyl (C=O) groups excluding carboxylic acids is 4. The molecule has 0 unspecified atom stereocenters. The van der Waals surface area contributed by atoms with Crippen LogP contribution in [0.15, 0.2) is 22.3 Å². The lowest BCUT2D eigenvalue weighted by Crippen LogP contribution is -2.39. The molecular formula is C24H38N2O6. The van der Waals surface area contributed by atoms with Crippen LogP contribution in [0.25, 0.3) is 0 Å². The first kappa shape index (κ1) is 27.7. The summed E-state index contributed by atoms with van der Waals surface area (Å²) in [7, 11) is 3.10. The predicted molar refractivity (Wildman–Crippen MR) is 122 cm³/mol. The Morgan fingerprint density at radius 3 is 1.31 bits per heavy atom. The van der Waals surface area contributed by atoms with Gasteiger partial charge in [0.05, 0.1) is 13.2 Å². The summed E-state index contributed by atoms with van der Waals surface area (Å²) < 4.78 is 9.87. The zero-order chi connectivity index (χ0) is 24.7. The normalized spacial score (nSPS) is 15.4. The second-order valence-electron chi connectivity index (χ2n) is 9.47. The van der Waals surface area contributed by atoms with Crippen LogP contribution in [0.5, 0.6) is 0 Å². The fraction of sp³-hybridized carbons (Fsp3) is 0.667. The summed E-state index contributed by atoms with van der Waals surface area (Å²) >= 11 is 0. The number of nitrogens with one attached hydrogen (secondary N) is 2.